The predicted molar refractivity (Wildman–Crippen MR) is 96.1 cm³/mol. The summed E-state index contributed by atoms with van der Waals surface area (Å²) in [6, 6.07) is 16.2. The Bertz CT molecular complexity index is 980. The second kappa shape index (κ2) is 5.34. The molecule has 0 aliphatic carbocycles. The highest BCUT2D eigenvalue weighted by Crippen LogP contribution is 2.39. The van der Waals surface area contributed by atoms with Crippen LogP contribution in [0.5, 0.6) is 0 Å². The summed E-state index contributed by atoms with van der Waals surface area (Å²) in [5.41, 5.74) is 5.90. The van der Waals surface area contributed by atoms with E-state index in [2.05, 4.69) is 41.1 Å². The molecular weight excluding hydrogens is 298 g/mol. The van der Waals surface area contributed by atoms with Gasteiger partial charge in [0.1, 0.15) is 0 Å². The molecule has 0 radical (unpaired) electrons. The molecule has 4 rings (SSSR count). The van der Waals surface area contributed by atoms with Crippen LogP contribution in [-0.4, -0.2) is 15.3 Å². The molecule has 1 aliphatic heterocycles. The average molecular weight is 317 g/mol. The molecule has 2 heterocycles. The Morgan fingerprint density at radius 2 is 1.79 bits per heavy atom. The molecule has 3 aromatic rings. The maximum atomic E-state index is 12.4. The number of aromatic nitrogens is 2. The molecule has 1 aliphatic rings. The molecule has 1 atom stereocenters. The maximum Gasteiger partial charge on any atom is 0.209 e. The van der Waals surface area contributed by atoms with E-state index in [0.29, 0.717) is 0 Å². The van der Waals surface area contributed by atoms with Crippen molar-refractivity contribution in [1.29, 1.82) is 0 Å². The summed E-state index contributed by atoms with van der Waals surface area (Å²) in [4.78, 5) is 17.1. The number of allylic oxidation sites excluding steroid dienone is 2. The highest BCUT2D eigenvalue weighted by atomic mass is 16.1. The third kappa shape index (κ3) is 2.14. The van der Waals surface area contributed by atoms with E-state index >= 15 is 0 Å². The summed E-state index contributed by atoms with van der Waals surface area (Å²) in [7, 11) is 0. The van der Waals surface area contributed by atoms with Gasteiger partial charge < -0.3 is 5.32 Å². The van der Waals surface area contributed by atoms with Crippen LogP contribution in [0, 0.1) is 6.92 Å². The van der Waals surface area contributed by atoms with E-state index in [0.717, 1.165) is 33.8 Å². The molecule has 24 heavy (non-hydrogen) atoms. The zero-order valence-corrected chi connectivity index (χ0v) is 14.0. The minimum absolute atomic E-state index is 0.0778. The van der Waals surface area contributed by atoms with Crippen LogP contribution < -0.4 is 5.32 Å². The lowest BCUT2D eigenvalue weighted by Gasteiger charge is -2.30. The SMILES string of the molecule is CC(=O)C1=C(C)Nc2nc3ccccc3n2C1c1ccc(C)cc1. The first-order valence-corrected chi connectivity index (χ1v) is 8.08. The molecule has 1 N–H and O–H groups in total. The highest BCUT2D eigenvalue weighted by Gasteiger charge is 2.32. The van der Waals surface area contributed by atoms with Gasteiger partial charge in [-0.25, -0.2) is 4.98 Å². The molecular formula is C20H19N3O. The van der Waals surface area contributed by atoms with Crippen molar-refractivity contribution in [3.63, 3.8) is 0 Å². The van der Waals surface area contributed by atoms with Gasteiger partial charge in [0.15, 0.2) is 5.78 Å². The Labute approximate surface area is 140 Å². The first kappa shape index (κ1) is 14.7. The van der Waals surface area contributed by atoms with Gasteiger partial charge >= 0.3 is 0 Å². The lowest BCUT2D eigenvalue weighted by Crippen LogP contribution is -2.26. The average Bonchev–Trinajstić information content (AvgIpc) is 2.92. The summed E-state index contributed by atoms with van der Waals surface area (Å²) in [5.74, 6) is 0.860. The normalized spacial score (nSPS) is 16.9. The van der Waals surface area contributed by atoms with Crippen LogP contribution in [0.2, 0.25) is 0 Å². The Hall–Kier alpha value is -2.88. The monoisotopic (exact) mass is 317 g/mol. The number of hydrogen-bond acceptors (Lipinski definition) is 3. The fourth-order valence-electron chi connectivity index (χ4n) is 3.48. The Balaban J connectivity index is 2.03. The predicted octanol–water partition coefficient (Wildman–Crippen LogP) is 4.22. The van der Waals surface area contributed by atoms with E-state index in [-0.39, 0.29) is 11.8 Å². The Morgan fingerprint density at radius 3 is 2.50 bits per heavy atom. The summed E-state index contributed by atoms with van der Waals surface area (Å²) in [5, 5.41) is 3.30. The van der Waals surface area contributed by atoms with E-state index in [1.165, 1.54) is 5.56 Å². The van der Waals surface area contributed by atoms with Crippen LogP contribution >= 0.6 is 0 Å². The van der Waals surface area contributed by atoms with Crippen molar-refractivity contribution in [3.8, 4) is 0 Å². The zero-order chi connectivity index (χ0) is 16.8. The fourth-order valence-corrected chi connectivity index (χ4v) is 3.48. The van der Waals surface area contributed by atoms with Crippen LogP contribution in [-0.2, 0) is 4.79 Å². The fraction of sp³-hybridized carbons (Fsp3) is 0.200. The van der Waals surface area contributed by atoms with E-state index in [4.69, 9.17) is 4.98 Å². The van der Waals surface area contributed by atoms with Crippen LogP contribution in [0.3, 0.4) is 0 Å². The minimum atomic E-state index is -0.160. The van der Waals surface area contributed by atoms with E-state index in [1.807, 2.05) is 31.2 Å². The lowest BCUT2D eigenvalue weighted by atomic mass is 9.92. The zero-order valence-electron chi connectivity index (χ0n) is 14.0. The highest BCUT2D eigenvalue weighted by molar-refractivity contribution is 5.97. The number of carbonyl (C=O) groups excluding carboxylic acids is 1. The van der Waals surface area contributed by atoms with Gasteiger partial charge in [0.05, 0.1) is 17.1 Å². The number of imidazole rings is 1. The molecule has 0 amide bonds. The second-order valence-corrected chi connectivity index (χ2v) is 6.33. The van der Waals surface area contributed by atoms with Crippen LogP contribution in [0.4, 0.5) is 5.95 Å². The summed E-state index contributed by atoms with van der Waals surface area (Å²) >= 11 is 0. The van der Waals surface area contributed by atoms with Gasteiger partial charge in [-0.1, -0.05) is 42.0 Å². The minimum Gasteiger partial charge on any atom is -0.329 e. The van der Waals surface area contributed by atoms with Crippen molar-refractivity contribution < 1.29 is 4.79 Å². The molecule has 0 saturated heterocycles. The number of nitrogens with one attached hydrogen (secondary N) is 1. The van der Waals surface area contributed by atoms with Crippen LogP contribution in [0.15, 0.2) is 59.8 Å². The second-order valence-electron chi connectivity index (χ2n) is 6.33. The number of carbonyl (C=O) groups is 1. The molecule has 2 aromatic carbocycles. The van der Waals surface area contributed by atoms with E-state index in [1.54, 1.807) is 6.92 Å². The van der Waals surface area contributed by atoms with Crippen molar-refractivity contribution in [2.24, 2.45) is 0 Å². The van der Waals surface area contributed by atoms with E-state index in [9.17, 15) is 4.79 Å². The van der Waals surface area contributed by atoms with Crippen molar-refractivity contribution in [2.45, 2.75) is 26.8 Å². The van der Waals surface area contributed by atoms with Crippen molar-refractivity contribution in [3.05, 3.63) is 70.9 Å². The number of anilines is 1. The first-order valence-electron chi connectivity index (χ1n) is 8.08. The van der Waals surface area contributed by atoms with Gasteiger partial charge in [-0.05, 0) is 38.5 Å². The first-order chi connectivity index (χ1) is 11.6. The number of Topliss-reactive ketones (excluding diaryl/α,β-unsaturated/α-hetero) is 1. The van der Waals surface area contributed by atoms with Crippen LogP contribution in [0.25, 0.3) is 11.0 Å². The number of benzene rings is 2. The Morgan fingerprint density at radius 1 is 1.08 bits per heavy atom. The third-order valence-corrected chi connectivity index (χ3v) is 4.60. The van der Waals surface area contributed by atoms with Gasteiger partial charge in [-0.15, -0.1) is 0 Å². The summed E-state index contributed by atoms with van der Waals surface area (Å²) < 4.78 is 2.13. The number of aryl methyl sites for hydroxylation is 1. The number of rotatable bonds is 2. The third-order valence-electron chi connectivity index (χ3n) is 4.60. The van der Waals surface area contributed by atoms with Crippen molar-refractivity contribution in [2.75, 3.05) is 5.32 Å². The van der Waals surface area contributed by atoms with Gasteiger partial charge in [0, 0.05) is 11.3 Å². The molecule has 0 bridgehead atoms. The molecule has 4 heteroatoms. The molecule has 120 valence electrons. The number of nitrogens with zero attached hydrogens (tertiary/aromatic N) is 2. The number of fused-ring (bicyclic) bond motifs is 3. The smallest absolute Gasteiger partial charge is 0.209 e. The summed E-state index contributed by atoms with van der Waals surface area (Å²) in [6.45, 7) is 5.64. The van der Waals surface area contributed by atoms with Crippen molar-refractivity contribution >= 4 is 22.8 Å². The molecule has 1 unspecified atom stereocenters. The van der Waals surface area contributed by atoms with Gasteiger partial charge in [-0.2, -0.15) is 0 Å². The van der Waals surface area contributed by atoms with E-state index < -0.39 is 0 Å². The number of para-hydroxylation sites is 2. The molecule has 0 fully saturated rings. The summed E-state index contributed by atoms with van der Waals surface area (Å²) in [6.07, 6.45) is 0. The number of hydrogen-bond donors (Lipinski definition) is 1. The quantitative estimate of drug-likeness (QED) is 0.769. The van der Waals surface area contributed by atoms with Crippen molar-refractivity contribution in [1.82, 2.24) is 9.55 Å². The lowest BCUT2D eigenvalue weighted by molar-refractivity contribution is -0.114. The van der Waals surface area contributed by atoms with Gasteiger partial charge in [-0.3, -0.25) is 9.36 Å². The topological polar surface area (TPSA) is 46.9 Å². The molecule has 0 spiro atoms. The molecule has 1 aromatic heterocycles. The van der Waals surface area contributed by atoms with Gasteiger partial charge in [0.2, 0.25) is 5.95 Å². The maximum absolute atomic E-state index is 12.4. The number of ketones is 1. The Kier molecular flexibility index (Phi) is 3.27. The molecule has 4 nitrogen and oxygen atoms in total. The largest absolute Gasteiger partial charge is 0.329 e. The standard InChI is InChI=1S/C20H19N3O/c1-12-8-10-15(11-9-12)19-18(14(3)24)13(2)21-20-22-16-6-4-5-7-17(16)23(19)20/h4-11,19H,1-3H3,(H,21,22). The van der Waals surface area contributed by atoms with Gasteiger partial charge in [0.25, 0.3) is 0 Å². The van der Waals surface area contributed by atoms with Crippen LogP contribution in [0.1, 0.15) is 31.0 Å². The molecule has 0 saturated carbocycles.